The molecule has 1 N–H and O–H groups in total. The Labute approximate surface area is 153 Å². The molecule has 8 heteroatoms. The van der Waals surface area contributed by atoms with Crippen LogP contribution in [0.15, 0.2) is 41.6 Å². The first-order chi connectivity index (χ1) is 12.5. The van der Waals surface area contributed by atoms with Gasteiger partial charge in [-0.3, -0.25) is 5.10 Å². The minimum Gasteiger partial charge on any atom is -0.497 e. The van der Waals surface area contributed by atoms with Crippen LogP contribution in [0.4, 0.5) is 8.78 Å². The van der Waals surface area contributed by atoms with Gasteiger partial charge in [-0.1, -0.05) is 17.8 Å². The van der Waals surface area contributed by atoms with Crippen LogP contribution in [0.25, 0.3) is 11.4 Å². The maximum Gasteiger partial charge on any atom is 0.209 e. The third-order valence-corrected chi connectivity index (χ3v) is 4.80. The number of halogens is 2. The zero-order valence-corrected chi connectivity index (χ0v) is 15.2. The van der Waals surface area contributed by atoms with Crippen LogP contribution in [0.2, 0.25) is 0 Å². The maximum absolute atomic E-state index is 13.9. The number of aromatic nitrogens is 3. The monoisotopic (exact) mass is 377 g/mol. The molecule has 2 aromatic carbocycles. The normalized spacial score (nSPS) is 12.0. The molecule has 136 valence electrons. The van der Waals surface area contributed by atoms with Crippen molar-refractivity contribution >= 4 is 11.8 Å². The van der Waals surface area contributed by atoms with Gasteiger partial charge >= 0.3 is 0 Å². The molecule has 1 aromatic heterocycles. The van der Waals surface area contributed by atoms with Crippen molar-refractivity contribution in [3.63, 3.8) is 0 Å². The quantitative estimate of drug-likeness (QED) is 0.635. The zero-order valence-electron chi connectivity index (χ0n) is 14.4. The lowest BCUT2D eigenvalue weighted by Crippen LogP contribution is -1.98. The van der Waals surface area contributed by atoms with E-state index in [0.717, 1.165) is 11.8 Å². The smallest absolute Gasteiger partial charge is 0.209 e. The Kier molecular flexibility index (Phi) is 5.41. The minimum atomic E-state index is -0.586. The van der Waals surface area contributed by atoms with Crippen molar-refractivity contribution in [2.75, 3.05) is 14.2 Å². The van der Waals surface area contributed by atoms with E-state index in [9.17, 15) is 8.78 Å². The van der Waals surface area contributed by atoms with Gasteiger partial charge in [-0.25, -0.2) is 13.8 Å². The predicted molar refractivity (Wildman–Crippen MR) is 95.6 cm³/mol. The van der Waals surface area contributed by atoms with Crippen LogP contribution >= 0.6 is 11.8 Å². The lowest BCUT2D eigenvalue weighted by molar-refractivity contribution is 0.395. The average Bonchev–Trinajstić information content (AvgIpc) is 3.09. The molecule has 0 aliphatic rings. The fourth-order valence-electron chi connectivity index (χ4n) is 2.53. The second-order valence-electron chi connectivity index (χ2n) is 5.43. The topological polar surface area (TPSA) is 60.0 Å². The summed E-state index contributed by atoms with van der Waals surface area (Å²) in [6.07, 6.45) is 0. The second kappa shape index (κ2) is 7.74. The molecule has 0 amide bonds. The summed E-state index contributed by atoms with van der Waals surface area (Å²) in [6, 6.07) is 9.13. The van der Waals surface area contributed by atoms with E-state index >= 15 is 0 Å². The Morgan fingerprint density at radius 2 is 1.81 bits per heavy atom. The van der Waals surface area contributed by atoms with E-state index in [2.05, 4.69) is 15.2 Å². The molecule has 0 bridgehead atoms. The molecule has 0 saturated heterocycles. The number of hydrogen-bond acceptors (Lipinski definition) is 5. The second-order valence-corrected chi connectivity index (χ2v) is 6.74. The molecule has 0 spiro atoms. The molecule has 0 fully saturated rings. The first-order valence-electron chi connectivity index (χ1n) is 7.79. The van der Waals surface area contributed by atoms with Crippen molar-refractivity contribution in [3.05, 3.63) is 53.6 Å². The van der Waals surface area contributed by atoms with E-state index in [1.54, 1.807) is 39.3 Å². The third kappa shape index (κ3) is 3.65. The van der Waals surface area contributed by atoms with Gasteiger partial charge in [0.15, 0.2) is 5.82 Å². The van der Waals surface area contributed by atoms with Crippen molar-refractivity contribution in [2.45, 2.75) is 17.3 Å². The number of H-pyrrole nitrogens is 1. The first kappa shape index (κ1) is 18.2. The van der Waals surface area contributed by atoms with Crippen LogP contribution < -0.4 is 9.47 Å². The standard InChI is InChI=1S/C18H17F2N3O2S/c1-10(16-13(19)5-4-6-14(16)20)26-18-21-17(22-23-18)12-8-7-11(24-2)9-15(12)25-3/h4-10H,1-3H3,(H,21,22,23)/t10-/m1/s1. The van der Waals surface area contributed by atoms with E-state index in [1.165, 1.54) is 18.2 Å². The Hall–Kier alpha value is -2.61. The Morgan fingerprint density at radius 1 is 1.08 bits per heavy atom. The van der Waals surface area contributed by atoms with Gasteiger partial charge in [-0.15, -0.1) is 5.10 Å². The van der Waals surface area contributed by atoms with E-state index < -0.39 is 16.9 Å². The molecule has 0 radical (unpaired) electrons. The van der Waals surface area contributed by atoms with Crippen LogP contribution in [-0.2, 0) is 0 Å². The Bertz CT molecular complexity index is 897. The van der Waals surface area contributed by atoms with Gasteiger partial charge in [-0.2, -0.15) is 0 Å². The highest BCUT2D eigenvalue weighted by molar-refractivity contribution is 7.99. The summed E-state index contributed by atoms with van der Waals surface area (Å²) in [5.41, 5.74) is 0.711. The van der Waals surface area contributed by atoms with E-state index in [1.807, 2.05) is 0 Å². The molecular formula is C18H17F2N3O2S. The summed E-state index contributed by atoms with van der Waals surface area (Å²) in [5, 5.41) is 6.85. The molecule has 3 aromatic rings. The van der Waals surface area contributed by atoms with Crippen LogP contribution in [0.3, 0.4) is 0 Å². The predicted octanol–water partition coefficient (Wildman–Crippen LogP) is 4.62. The first-order valence-corrected chi connectivity index (χ1v) is 8.66. The molecule has 3 rings (SSSR count). The van der Waals surface area contributed by atoms with Crippen molar-refractivity contribution in [1.29, 1.82) is 0 Å². The molecule has 1 atom stereocenters. The average molecular weight is 377 g/mol. The summed E-state index contributed by atoms with van der Waals surface area (Å²) in [5.74, 6) is 0.553. The lowest BCUT2D eigenvalue weighted by Gasteiger charge is -2.11. The number of nitrogens with zero attached hydrogens (tertiary/aromatic N) is 2. The summed E-state index contributed by atoms with van der Waals surface area (Å²) >= 11 is 1.16. The fraction of sp³-hybridized carbons (Fsp3) is 0.222. The summed E-state index contributed by atoms with van der Waals surface area (Å²) < 4.78 is 38.4. The van der Waals surface area contributed by atoms with Gasteiger partial charge in [0.1, 0.15) is 23.1 Å². The SMILES string of the molecule is COc1ccc(-c2nc(S[C@H](C)c3c(F)cccc3F)n[nH]2)c(OC)c1. The van der Waals surface area contributed by atoms with Crippen molar-refractivity contribution < 1.29 is 18.3 Å². The number of aromatic amines is 1. The molecule has 26 heavy (non-hydrogen) atoms. The highest BCUT2D eigenvalue weighted by Crippen LogP contribution is 2.37. The van der Waals surface area contributed by atoms with E-state index in [-0.39, 0.29) is 5.56 Å². The summed E-state index contributed by atoms with van der Waals surface area (Å²) in [4.78, 5) is 4.40. The number of ether oxygens (including phenoxy) is 2. The van der Waals surface area contributed by atoms with E-state index in [4.69, 9.17) is 9.47 Å². The molecule has 0 unspecified atom stereocenters. The van der Waals surface area contributed by atoms with Crippen molar-refractivity contribution in [3.8, 4) is 22.9 Å². The van der Waals surface area contributed by atoms with Crippen LogP contribution in [0, 0.1) is 11.6 Å². The minimum absolute atomic E-state index is 0.00544. The third-order valence-electron chi connectivity index (χ3n) is 3.82. The largest absolute Gasteiger partial charge is 0.497 e. The van der Waals surface area contributed by atoms with Crippen LogP contribution in [0.5, 0.6) is 11.5 Å². The number of methoxy groups -OCH3 is 2. The molecule has 5 nitrogen and oxygen atoms in total. The molecule has 0 aliphatic heterocycles. The van der Waals surface area contributed by atoms with Gasteiger partial charge in [-0.05, 0) is 31.2 Å². The van der Waals surface area contributed by atoms with Gasteiger partial charge in [0.2, 0.25) is 5.16 Å². The molecular weight excluding hydrogens is 360 g/mol. The number of thioether (sulfide) groups is 1. The number of benzene rings is 2. The molecule has 0 saturated carbocycles. The van der Waals surface area contributed by atoms with Crippen molar-refractivity contribution in [1.82, 2.24) is 15.2 Å². The molecule has 1 heterocycles. The van der Waals surface area contributed by atoms with Gasteiger partial charge in [0.25, 0.3) is 0 Å². The Morgan fingerprint density at radius 3 is 2.46 bits per heavy atom. The number of nitrogens with one attached hydrogen (secondary N) is 1. The van der Waals surface area contributed by atoms with Gasteiger partial charge in [0, 0.05) is 16.9 Å². The summed E-state index contributed by atoms with van der Waals surface area (Å²) in [6.45, 7) is 1.70. The number of rotatable bonds is 6. The van der Waals surface area contributed by atoms with E-state index in [0.29, 0.717) is 28.0 Å². The van der Waals surface area contributed by atoms with Gasteiger partial charge < -0.3 is 9.47 Å². The summed E-state index contributed by atoms with van der Waals surface area (Å²) in [7, 11) is 3.12. The van der Waals surface area contributed by atoms with Crippen LogP contribution in [-0.4, -0.2) is 29.4 Å². The maximum atomic E-state index is 13.9. The number of hydrogen-bond donors (Lipinski definition) is 1. The van der Waals surface area contributed by atoms with Gasteiger partial charge in [0.05, 0.1) is 19.8 Å². The highest BCUT2D eigenvalue weighted by atomic mass is 32.2. The lowest BCUT2D eigenvalue weighted by atomic mass is 10.1. The zero-order chi connectivity index (χ0) is 18.7. The van der Waals surface area contributed by atoms with Crippen LogP contribution in [0.1, 0.15) is 17.7 Å². The fourth-order valence-corrected chi connectivity index (χ4v) is 3.43. The van der Waals surface area contributed by atoms with Crippen molar-refractivity contribution in [2.24, 2.45) is 0 Å². The molecule has 0 aliphatic carbocycles. The Balaban J connectivity index is 1.85. The highest BCUT2D eigenvalue weighted by Gasteiger charge is 2.20.